The van der Waals surface area contributed by atoms with E-state index < -0.39 is 0 Å². The van der Waals surface area contributed by atoms with Crippen molar-refractivity contribution in [2.45, 2.75) is 13.5 Å². The second kappa shape index (κ2) is 6.45. The lowest BCUT2D eigenvalue weighted by Gasteiger charge is -2.12. The normalized spacial score (nSPS) is 10.8. The third kappa shape index (κ3) is 3.16. The summed E-state index contributed by atoms with van der Waals surface area (Å²) in [6.45, 7) is 2.11. The van der Waals surface area contributed by atoms with E-state index in [-0.39, 0.29) is 11.8 Å². The van der Waals surface area contributed by atoms with Gasteiger partial charge in [-0.2, -0.15) is 4.37 Å². The molecule has 3 rings (SSSR count). The standard InChI is InChI=1S/C17H18N4O2S/c1-11-14(10-24-19-11)17(23)18-13-4-5-15-12(8-13)6-7-21(15)9-16(22)20(2)3/h4-8,10H,9H2,1-3H3,(H,18,23). The van der Waals surface area contributed by atoms with Crippen LogP contribution in [0.15, 0.2) is 35.8 Å². The van der Waals surface area contributed by atoms with Crippen molar-refractivity contribution in [2.24, 2.45) is 0 Å². The van der Waals surface area contributed by atoms with Crippen LogP contribution in [0.1, 0.15) is 16.1 Å². The molecule has 6 nitrogen and oxygen atoms in total. The number of anilines is 1. The minimum atomic E-state index is -0.164. The first-order chi connectivity index (χ1) is 11.5. The molecule has 3 aromatic rings. The van der Waals surface area contributed by atoms with Gasteiger partial charge in [-0.25, -0.2) is 0 Å². The number of hydrogen-bond acceptors (Lipinski definition) is 4. The topological polar surface area (TPSA) is 67.2 Å². The minimum Gasteiger partial charge on any atom is -0.347 e. The van der Waals surface area contributed by atoms with E-state index in [4.69, 9.17) is 0 Å². The Morgan fingerprint density at radius 3 is 2.75 bits per heavy atom. The number of aromatic nitrogens is 2. The summed E-state index contributed by atoms with van der Waals surface area (Å²) in [4.78, 5) is 25.7. The molecule has 2 aromatic heterocycles. The number of carbonyl (C=O) groups excluding carboxylic acids is 2. The van der Waals surface area contributed by atoms with Crippen molar-refractivity contribution in [1.82, 2.24) is 13.8 Å². The fourth-order valence-corrected chi connectivity index (χ4v) is 3.10. The van der Waals surface area contributed by atoms with Gasteiger partial charge in [-0.05, 0) is 42.7 Å². The molecule has 0 bridgehead atoms. The molecule has 1 aromatic carbocycles. The van der Waals surface area contributed by atoms with Crippen LogP contribution in [0.3, 0.4) is 0 Å². The van der Waals surface area contributed by atoms with E-state index in [9.17, 15) is 9.59 Å². The highest BCUT2D eigenvalue weighted by Gasteiger charge is 2.12. The van der Waals surface area contributed by atoms with Crippen molar-refractivity contribution in [3.63, 3.8) is 0 Å². The zero-order valence-electron chi connectivity index (χ0n) is 13.7. The molecule has 0 radical (unpaired) electrons. The highest BCUT2D eigenvalue weighted by molar-refractivity contribution is 7.04. The molecule has 1 N–H and O–H groups in total. The first kappa shape index (κ1) is 16.2. The van der Waals surface area contributed by atoms with Crippen LogP contribution in [0.2, 0.25) is 0 Å². The quantitative estimate of drug-likeness (QED) is 0.793. The lowest BCUT2D eigenvalue weighted by atomic mass is 10.2. The highest BCUT2D eigenvalue weighted by atomic mass is 32.1. The van der Waals surface area contributed by atoms with Crippen LogP contribution in [-0.2, 0) is 11.3 Å². The maximum atomic E-state index is 12.3. The summed E-state index contributed by atoms with van der Waals surface area (Å²) in [7, 11) is 3.48. The van der Waals surface area contributed by atoms with Gasteiger partial charge in [-0.3, -0.25) is 9.59 Å². The maximum Gasteiger partial charge on any atom is 0.258 e. The lowest BCUT2D eigenvalue weighted by Crippen LogP contribution is -2.25. The average molecular weight is 342 g/mol. The number of aryl methyl sites for hydroxylation is 1. The number of amides is 2. The number of benzene rings is 1. The smallest absolute Gasteiger partial charge is 0.258 e. The summed E-state index contributed by atoms with van der Waals surface area (Å²) < 4.78 is 6.01. The summed E-state index contributed by atoms with van der Waals surface area (Å²) in [6.07, 6.45) is 1.88. The molecule has 0 spiro atoms. The Kier molecular flexibility index (Phi) is 4.35. The van der Waals surface area contributed by atoms with E-state index >= 15 is 0 Å². The summed E-state index contributed by atoms with van der Waals surface area (Å²) >= 11 is 1.27. The first-order valence-electron chi connectivity index (χ1n) is 7.47. The number of likely N-dealkylation sites (N-methyl/N-ethyl adjacent to an activating group) is 1. The van der Waals surface area contributed by atoms with E-state index in [1.54, 1.807) is 24.4 Å². The van der Waals surface area contributed by atoms with Gasteiger partial charge < -0.3 is 14.8 Å². The molecular formula is C17H18N4O2S. The fraction of sp³-hybridized carbons (Fsp3) is 0.235. The third-order valence-corrected chi connectivity index (χ3v) is 4.55. The Morgan fingerprint density at radius 2 is 2.08 bits per heavy atom. The van der Waals surface area contributed by atoms with Crippen LogP contribution in [0, 0.1) is 6.92 Å². The molecule has 0 aliphatic carbocycles. The van der Waals surface area contributed by atoms with Gasteiger partial charge >= 0.3 is 0 Å². The molecular weight excluding hydrogens is 324 g/mol. The summed E-state index contributed by atoms with van der Waals surface area (Å²) in [5.74, 6) is -0.131. The van der Waals surface area contributed by atoms with Crippen LogP contribution in [-0.4, -0.2) is 39.8 Å². The van der Waals surface area contributed by atoms with Crippen molar-refractivity contribution < 1.29 is 9.59 Å². The molecule has 0 atom stereocenters. The second-order valence-corrected chi connectivity index (χ2v) is 6.40. The fourth-order valence-electron chi connectivity index (χ4n) is 2.41. The van der Waals surface area contributed by atoms with Gasteiger partial charge in [0.2, 0.25) is 5.91 Å². The van der Waals surface area contributed by atoms with Crippen LogP contribution in [0.4, 0.5) is 5.69 Å². The predicted molar refractivity (Wildman–Crippen MR) is 95.4 cm³/mol. The molecule has 2 amide bonds. The summed E-state index contributed by atoms with van der Waals surface area (Å²) in [5.41, 5.74) is 2.99. The Bertz CT molecular complexity index is 910. The summed E-state index contributed by atoms with van der Waals surface area (Å²) in [5, 5.41) is 5.60. The van der Waals surface area contributed by atoms with Crippen LogP contribution >= 0.6 is 11.5 Å². The highest BCUT2D eigenvalue weighted by Crippen LogP contribution is 2.22. The molecule has 7 heteroatoms. The molecule has 0 unspecified atom stereocenters. The molecule has 2 heterocycles. The second-order valence-electron chi connectivity index (χ2n) is 5.77. The zero-order valence-corrected chi connectivity index (χ0v) is 14.6. The Morgan fingerprint density at radius 1 is 1.29 bits per heavy atom. The van der Waals surface area contributed by atoms with E-state index in [0.717, 1.165) is 22.3 Å². The van der Waals surface area contributed by atoms with Gasteiger partial charge in [0.05, 0.1) is 11.3 Å². The SMILES string of the molecule is Cc1nscc1C(=O)Nc1ccc2c(ccn2CC(=O)N(C)C)c1. The molecule has 0 saturated heterocycles. The van der Waals surface area contributed by atoms with Gasteiger partial charge in [0.25, 0.3) is 5.91 Å². The van der Waals surface area contributed by atoms with Crippen molar-refractivity contribution in [3.05, 3.63) is 47.1 Å². The molecule has 0 aliphatic heterocycles. The van der Waals surface area contributed by atoms with E-state index in [1.165, 1.54) is 11.5 Å². The maximum absolute atomic E-state index is 12.3. The number of hydrogen-bond donors (Lipinski definition) is 1. The van der Waals surface area contributed by atoms with Crippen molar-refractivity contribution in [3.8, 4) is 0 Å². The van der Waals surface area contributed by atoms with Gasteiger partial charge in [0.15, 0.2) is 0 Å². The average Bonchev–Trinajstić information content (AvgIpc) is 3.13. The van der Waals surface area contributed by atoms with E-state index in [1.807, 2.05) is 42.0 Å². The molecule has 0 saturated carbocycles. The molecule has 0 fully saturated rings. The van der Waals surface area contributed by atoms with Gasteiger partial charge in [-0.15, -0.1) is 0 Å². The first-order valence-corrected chi connectivity index (χ1v) is 8.31. The Hall–Kier alpha value is -2.67. The Labute approximate surface area is 143 Å². The number of rotatable bonds is 4. The van der Waals surface area contributed by atoms with Gasteiger partial charge in [0, 0.05) is 42.3 Å². The number of carbonyl (C=O) groups is 2. The van der Waals surface area contributed by atoms with E-state index in [0.29, 0.717) is 12.1 Å². The third-order valence-electron chi connectivity index (χ3n) is 3.83. The van der Waals surface area contributed by atoms with E-state index in [2.05, 4.69) is 9.69 Å². The van der Waals surface area contributed by atoms with Crippen LogP contribution in [0.25, 0.3) is 10.9 Å². The predicted octanol–water partition coefficient (Wildman–Crippen LogP) is 2.75. The number of nitrogens with one attached hydrogen (secondary N) is 1. The lowest BCUT2D eigenvalue weighted by molar-refractivity contribution is -0.129. The van der Waals surface area contributed by atoms with Gasteiger partial charge in [-0.1, -0.05) is 0 Å². The Balaban J connectivity index is 1.81. The van der Waals surface area contributed by atoms with Crippen LogP contribution < -0.4 is 5.32 Å². The van der Waals surface area contributed by atoms with Crippen molar-refractivity contribution in [1.29, 1.82) is 0 Å². The zero-order chi connectivity index (χ0) is 17.3. The van der Waals surface area contributed by atoms with Crippen molar-refractivity contribution >= 4 is 39.9 Å². The van der Waals surface area contributed by atoms with Crippen LogP contribution in [0.5, 0.6) is 0 Å². The van der Waals surface area contributed by atoms with Crippen molar-refractivity contribution in [2.75, 3.05) is 19.4 Å². The minimum absolute atomic E-state index is 0.0327. The molecule has 0 aliphatic rings. The molecule has 124 valence electrons. The number of fused-ring (bicyclic) bond motifs is 1. The largest absolute Gasteiger partial charge is 0.347 e. The molecule has 24 heavy (non-hydrogen) atoms. The summed E-state index contributed by atoms with van der Waals surface area (Å²) in [6, 6.07) is 7.59. The number of nitrogens with zero attached hydrogens (tertiary/aromatic N) is 3. The van der Waals surface area contributed by atoms with Gasteiger partial charge in [0.1, 0.15) is 6.54 Å². The monoisotopic (exact) mass is 342 g/mol.